The standard InChI is InChI=1S/C37H39ClF2N6O4/c1-18(2)31-30(38)24(8-9-42-31)32-33-26(36(3,17-49-33)35(41)48)13-28(44-32)25(21-14-37(39,40)15-21)16-43-34(47)20-10-22-12-27(19-4-5-19)45-46(22)29(11-20)50-23-6-7-23/h8-13,18-19,21,23,25H,4-7,14-17H2,1-3H3,(H2,41,48)(H,43,47)/t25-,36-/m0/s1. The number of pyridine rings is 3. The first-order valence-electron chi connectivity index (χ1n) is 17.3. The second kappa shape index (κ2) is 11.9. The smallest absolute Gasteiger partial charge is 0.251 e. The van der Waals surface area contributed by atoms with E-state index in [0.29, 0.717) is 56.3 Å². The molecule has 0 aromatic carbocycles. The van der Waals surface area contributed by atoms with Crippen LogP contribution in [0.25, 0.3) is 16.8 Å². The molecule has 3 fully saturated rings. The summed E-state index contributed by atoms with van der Waals surface area (Å²) < 4.78 is 42.8. The molecule has 3 aliphatic carbocycles. The third-order valence-corrected chi connectivity index (χ3v) is 10.9. The van der Waals surface area contributed by atoms with Gasteiger partial charge in [-0.25, -0.2) is 18.3 Å². The predicted molar refractivity (Wildman–Crippen MR) is 182 cm³/mol. The summed E-state index contributed by atoms with van der Waals surface area (Å²) in [5, 5.41) is 8.16. The minimum absolute atomic E-state index is 0.00733. The molecule has 2 amide bonds. The molecule has 5 heterocycles. The second-order valence-electron chi connectivity index (χ2n) is 14.9. The summed E-state index contributed by atoms with van der Waals surface area (Å²) in [6.45, 7) is 5.65. The fourth-order valence-electron chi connectivity index (χ4n) is 7.07. The fraction of sp³-hybridized carbons (Fsp3) is 0.486. The zero-order valence-electron chi connectivity index (χ0n) is 28.1. The molecule has 0 bridgehead atoms. The summed E-state index contributed by atoms with van der Waals surface area (Å²) in [6.07, 6.45) is 5.09. The van der Waals surface area contributed by atoms with Crippen LogP contribution in [0.2, 0.25) is 5.02 Å². The van der Waals surface area contributed by atoms with E-state index in [-0.39, 0.29) is 43.9 Å². The Balaban J connectivity index is 1.17. The third kappa shape index (κ3) is 5.84. The van der Waals surface area contributed by atoms with Crippen molar-refractivity contribution in [2.75, 3.05) is 13.2 Å². The number of fused-ring (bicyclic) bond motifs is 2. The summed E-state index contributed by atoms with van der Waals surface area (Å²) >= 11 is 6.90. The van der Waals surface area contributed by atoms with Crippen LogP contribution in [0.3, 0.4) is 0 Å². The molecule has 4 aromatic rings. The van der Waals surface area contributed by atoms with E-state index in [1.165, 1.54) is 0 Å². The van der Waals surface area contributed by atoms with Crippen molar-refractivity contribution in [1.82, 2.24) is 24.9 Å². The van der Waals surface area contributed by atoms with Crippen molar-refractivity contribution < 1.29 is 27.8 Å². The number of carbonyl (C=O) groups is 2. The average molecular weight is 705 g/mol. The van der Waals surface area contributed by atoms with Crippen LogP contribution in [0.4, 0.5) is 8.78 Å². The quantitative estimate of drug-likeness (QED) is 0.178. The van der Waals surface area contributed by atoms with Crippen molar-refractivity contribution >= 4 is 28.9 Å². The van der Waals surface area contributed by atoms with Gasteiger partial charge in [-0.1, -0.05) is 25.4 Å². The van der Waals surface area contributed by atoms with Gasteiger partial charge in [0, 0.05) is 65.9 Å². The molecule has 50 heavy (non-hydrogen) atoms. The van der Waals surface area contributed by atoms with Crippen molar-refractivity contribution in [1.29, 1.82) is 0 Å². The molecule has 0 radical (unpaired) electrons. The van der Waals surface area contributed by atoms with Gasteiger partial charge < -0.3 is 20.5 Å². The van der Waals surface area contributed by atoms with Gasteiger partial charge in [-0.2, -0.15) is 5.10 Å². The number of nitrogens with one attached hydrogen (secondary N) is 1. The first kappa shape index (κ1) is 32.9. The van der Waals surface area contributed by atoms with Crippen LogP contribution in [0.5, 0.6) is 11.6 Å². The van der Waals surface area contributed by atoms with E-state index < -0.39 is 29.1 Å². The Hall–Kier alpha value is -4.32. The number of hydrogen-bond acceptors (Lipinski definition) is 7. The number of carbonyl (C=O) groups excluding carboxylic acids is 2. The van der Waals surface area contributed by atoms with Crippen LogP contribution in [0.15, 0.2) is 36.5 Å². The highest BCUT2D eigenvalue weighted by molar-refractivity contribution is 6.34. The second-order valence-corrected chi connectivity index (χ2v) is 15.3. The van der Waals surface area contributed by atoms with E-state index in [1.807, 2.05) is 19.9 Å². The van der Waals surface area contributed by atoms with E-state index in [9.17, 15) is 18.4 Å². The number of hydrogen-bond donors (Lipinski definition) is 2. The predicted octanol–water partition coefficient (Wildman–Crippen LogP) is 6.68. The summed E-state index contributed by atoms with van der Waals surface area (Å²) in [5.41, 5.74) is 9.36. The zero-order chi connectivity index (χ0) is 35.1. The topological polar surface area (TPSA) is 134 Å². The number of aromatic nitrogens is 4. The Kier molecular flexibility index (Phi) is 7.81. The minimum atomic E-state index is -2.82. The lowest BCUT2D eigenvalue weighted by Gasteiger charge is -2.40. The van der Waals surface area contributed by atoms with E-state index in [0.717, 1.165) is 36.9 Å². The van der Waals surface area contributed by atoms with E-state index in [4.69, 9.17) is 36.9 Å². The Morgan fingerprint density at radius 2 is 1.92 bits per heavy atom. The third-order valence-electron chi connectivity index (χ3n) is 10.5. The molecule has 3 N–H and O–H groups in total. The number of nitrogens with zero attached hydrogens (tertiary/aromatic N) is 4. The number of alkyl halides is 2. The number of halogens is 3. The number of rotatable bonds is 11. The molecule has 3 saturated carbocycles. The molecular weight excluding hydrogens is 666 g/mol. The Morgan fingerprint density at radius 1 is 1.16 bits per heavy atom. The maximum atomic E-state index is 14.4. The molecule has 0 spiro atoms. The maximum Gasteiger partial charge on any atom is 0.251 e. The maximum absolute atomic E-state index is 14.4. The molecule has 2 atom stereocenters. The molecule has 10 nitrogen and oxygen atoms in total. The minimum Gasteiger partial charge on any atom is -0.489 e. The van der Waals surface area contributed by atoms with Crippen LogP contribution >= 0.6 is 11.6 Å². The van der Waals surface area contributed by atoms with E-state index >= 15 is 0 Å². The lowest BCUT2D eigenvalue weighted by Crippen LogP contribution is -2.43. The molecule has 4 aromatic heterocycles. The normalized spacial score (nSPS) is 21.8. The van der Waals surface area contributed by atoms with Crippen LogP contribution in [-0.4, -0.2) is 56.6 Å². The van der Waals surface area contributed by atoms with Crippen molar-refractivity contribution in [2.24, 2.45) is 11.7 Å². The van der Waals surface area contributed by atoms with Gasteiger partial charge in [0.1, 0.15) is 29.6 Å². The van der Waals surface area contributed by atoms with E-state index in [2.05, 4.69) is 10.3 Å². The number of amides is 2. The SMILES string of the molecule is CC(C)c1nccc(-c2nc([C@@H](CNC(=O)c3cc(OC4CC4)n4nc(C5CC5)cc4c3)C3CC(F)(F)C3)cc3c2OC[C@]3(C)C(N)=O)c1Cl. The first-order valence-corrected chi connectivity index (χ1v) is 17.7. The van der Waals surface area contributed by atoms with Gasteiger partial charge >= 0.3 is 0 Å². The molecule has 0 saturated heterocycles. The van der Waals surface area contributed by atoms with Crippen LogP contribution in [-0.2, 0) is 10.2 Å². The molecule has 0 unspecified atom stereocenters. The monoisotopic (exact) mass is 704 g/mol. The summed E-state index contributed by atoms with van der Waals surface area (Å²) in [4.78, 5) is 36.1. The molecule has 8 rings (SSSR count). The van der Waals surface area contributed by atoms with Gasteiger partial charge in [-0.15, -0.1) is 0 Å². The Bertz CT molecular complexity index is 2040. The van der Waals surface area contributed by atoms with Gasteiger partial charge in [0.25, 0.3) is 5.91 Å². The average Bonchev–Trinajstić information content (AvgIpc) is 4.00. The fourth-order valence-corrected chi connectivity index (χ4v) is 7.49. The summed E-state index contributed by atoms with van der Waals surface area (Å²) in [6, 6.07) is 8.91. The lowest BCUT2D eigenvalue weighted by atomic mass is 9.71. The van der Waals surface area contributed by atoms with E-state index in [1.54, 1.807) is 41.9 Å². The molecule has 4 aliphatic rings. The van der Waals surface area contributed by atoms with Crippen LogP contribution in [0.1, 0.15) is 110 Å². The zero-order valence-corrected chi connectivity index (χ0v) is 28.9. The summed E-state index contributed by atoms with van der Waals surface area (Å²) in [7, 11) is 0. The van der Waals surface area contributed by atoms with Gasteiger partial charge in [0.05, 0.1) is 21.9 Å². The highest BCUT2D eigenvalue weighted by Gasteiger charge is 2.50. The van der Waals surface area contributed by atoms with Crippen molar-refractivity contribution in [2.45, 2.75) is 94.5 Å². The van der Waals surface area contributed by atoms with Crippen molar-refractivity contribution in [3.05, 3.63) is 69.8 Å². The Labute approximate surface area is 293 Å². The van der Waals surface area contributed by atoms with Crippen molar-refractivity contribution in [3.8, 4) is 22.9 Å². The lowest BCUT2D eigenvalue weighted by molar-refractivity contribution is -0.123. The largest absolute Gasteiger partial charge is 0.489 e. The number of nitrogens with two attached hydrogens (primary N) is 1. The first-order chi connectivity index (χ1) is 23.8. The van der Waals surface area contributed by atoms with Gasteiger partial charge in [-0.3, -0.25) is 14.6 Å². The highest BCUT2D eigenvalue weighted by atomic mass is 35.5. The summed E-state index contributed by atoms with van der Waals surface area (Å²) in [5.74, 6) is -3.59. The number of ether oxygens (including phenoxy) is 2. The molecule has 13 heteroatoms. The number of primary amides is 1. The van der Waals surface area contributed by atoms with Crippen LogP contribution < -0.4 is 20.5 Å². The van der Waals surface area contributed by atoms with Gasteiger partial charge in [0.15, 0.2) is 0 Å². The van der Waals surface area contributed by atoms with Gasteiger partial charge in [0.2, 0.25) is 17.7 Å². The molecule has 1 aliphatic heterocycles. The highest BCUT2D eigenvalue weighted by Crippen LogP contribution is 2.52. The van der Waals surface area contributed by atoms with Crippen LogP contribution in [0, 0.1) is 5.92 Å². The molecular formula is C37H39ClF2N6O4. The molecule has 262 valence electrons. The van der Waals surface area contributed by atoms with Gasteiger partial charge in [-0.05, 0) is 68.7 Å². The Morgan fingerprint density at radius 3 is 2.58 bits per heavy atom. The van der Waals surface area contributed by atoms with Crippen molar-refractivity contribution in [3.63, 3.8) is 0 Å².